The van der Waals surface area contributed by atoms with E-state index in [0.717, 1.165) is 5.69 Å². The van der Waals surface area contributed by atoms with E-state index in [0.29, 0.717) is 13.1 Å². The number of aliphatic hydroxyl groups excluding tert-OH is 2. The van der Waals surface area contributed by atoms with Crippen LogP contribution in [-0.4, -0.2) is 36.0 Å². The van der Waals surface area contributed by atoms with Gasteiger partial charge in [-0.25, -0.2) is 0 Å². The molecule has 0 aliphatic rings. The van der Waals surface area contributed by atoms with Crippen LogP contribution in [0.25, 0.3) is 0 Å². The molecule has 0 aliphatic heterocycles. The van der Waals surface area contributed by atoms with Crippen molar-refractivity contribution in [3.8, 4) is 0 Å². The second kappa shape index (κ2) is 6.22. The Morgan fingerprint density at radius 1 is 1.33 bits per heavy atom. The normalized spacial score (nSPS) is 12.1. The number of hydrogen-bond acceptors (Lipinski definition) is 3. The molecular formula is C12H17NO2. The molecule has 0 heterocycles. The van der Waals surface area contributed by atoms with Gasteiger partial charge in [0.2, 0.25) is 0 Å². The summed E-state index contributed by atoms with van der Waals surface area (Å²) in [4.78, 5) is 1.97. The fraction of sp³-hybridized carbons (Fsp3) is 0.333. The maximum atomic E-state index is 9.39. The number of nitrogens with zero attached hydrogens (tertiary/aromatic N) is 1. The highest BCUT2D eigenvalue weighted by Crippen LogP contribution is 2.13. The summed E-state index contributed by atoms with van der Waals surface area (Å²) in [6.07, 6.45) is 1.06. The van der Waals surface area contributed by atoms with E-state index >= 15 is 0 Å². The van der Waals surface area contributed by atoms with Gasteiger partial charge in [0.05, 0.1) is 12.7 Å². The quantitative estimate of drug-likeness (QED) is 0.685. The van der Waals surface area contributed by atoms with Gasteiger partial charge in [0, 0.05) is 18.8 Å². The topological polar surface area (TPSA) is 43.7 Å². The molecule has 1 aromatic rings. The first-order chi connectivity index (χ1) is 7.27. The lowest BCUT2D eigenvalue weighted by Crippen LogP contribution is -2.34. The monoisotopic (exact) mass is 207 g/mol. The van der Waals surface area contributed by atoms with Gasteiger partial charge in [0.25, 0.3) is 0 Å². The second-order valence-electron chi connectivity index (χ2n) is 3.37. The molecule has 15 heavy (non-hydrogen) atoms. The Balaban J connectivity index is 2.69. The molecule has 3 heteroatoms. The van der Waals surface area contributed by atoms with E-state index in [1.807, 2.05) is 35.2 Å². The third-order valence-corrected chi connectivity index (χ3v) is 2.11. The van der Waals surface area contributed by atoms with Crippen molar-refractivity contribution < 1.29 is 10.2 Å². The Bertz CT molecular complexity index is 287. The van der Waals surface area contributed by atoms with E-state index < -0.39 is 6.10 Å². The average molecular weight is 207 g/mol. The van der Waals surface area contributed by atoms with Crippen LogP contribution in [-0.2, 0) is 0 Å². The second-order valence-corrected chi connectivity index (χ2v) is 3.37. The molecule has 1 aromatic carbocycles. The van der Waals surface area contributed by atoms with Crippen LogP contribution in [0.15, 0.2) is 43.0 Å². The lowest BCUT2D eigenvalue weighted by molar-refractivity contribution is 0.100. The minimum Gasteiger partial charge on any atom is -0.394 e. The van der Waals surface area contributed by atoms with Crippen LogP contribution in [0.5, 0.6) is 0 Å². The Hall–Kier alpha value is -1.32. The zero-order chi connectivity index (χ0) is 11.1. The molecule has 3 nitrogen and oxygen atoms in total. The molecule has 0 saturated carbocycles. The average Bonchev–Trinajstić information content (AvgIpc) is 2.29. The summed E-state index contributed by atoms with van der Waals surface area (Å²) in [6.45, 7) is 4.51. The van der Waals surface area contributed by atoms with Gasteiger partial charge >= 0.3 is 0 Å². The van der Waals surface area contributed by atoms with Gasteiger partial charge in [-0.05, 0) is 12.1 Å². The summed E-state index contributed by atoms with van der Waals surface area (Å²) in [7, 11) is 0. The fourth-order valence-corrected chi connectivity index (χ4v) is 1.39. The Labute approximate surface area is 90.3 Å². The Kier molecular flexibility index (Phi) is 4.87. The van der Waals surface area contributed by atoms with Crippen LogP contribution in [0.4, 0.5) is 5.69 Å². The number of benzene rings is 1. The van der Waals surface area contributed by atoms with Gasteiger partial charge in [-0.3, -0.25) is 0 Å². The summed E-state index contributed by atoms with van der Waals surface area (Å²) < 4.78 is 0. The third-order valence-electron chi connectivity index (χ3n) is 2.11. The maximum absolute atomic E-state index is 9.39. The van der Waals surface area contributed by atoms with E-state index in [1.165, 1.54) is 0 Å². The predicted octanol–water partition coefficient (Wildman–Crippen LogP) is 1.03. The van der Waals surface area contributed by atoms with Crippen molar-refractivity contribution in [1.29, 1.82) is 0 Å². The van der Waals surface area contributed by atoms with Crippen molar-refractivity contribution in [3.63, 3.8) is 0 Å². The summed E-state index contributed by atoms with van der Waals surface area (Å²) in [5, 5.41) is 18.2. The minimum absolute atomic E-state index is 0.222. The smallest absolute Gasteiger partial charge is 0.0945 e. The molecule has 1 rings (SSSR count). The summed E-state index contributed by atoms with van der Waals surface area (Å²) in [6, 6.07) is 9.76. The molecule has 0 radical (unpaired) electrons. The molecule has 0 fully saturated rings. The number of anilines is 1. The summed E-state index contributed by atoms with van der Waals surface area (Å²) >= 11 is 0. The van der Waals surface area contributed by atoms with Gasteiger partial charge in [-0.1, -0.05) is 24.3 Å². The van der Waals surface area contributed by atoms with Gasteiger partial charge in [0.1, 0.15) is 0 Å². The number of para-hydroxylation sites is 1. The Morgan fingerprint density at radius 3 is 2.53 bits per heavy atom. The van der Waals surface area contributed by atoms with E-state index in [-0.39, 0.29) is 6.61 Å². The van der Waals surface area contributed by atoms with E-state index in [1.54, 1.807) is 6.08 Å². The molecule has 0 amide bonds. The molecule has 2 N–H and O–H groups in total. The van der Waals surface area contributed by atoms with E-state index in [9.17, 15) is 5.11 Å². The third kappa shape index (κ3) is 3.73. The molecule has 0 unspecified atom stereocenters. The van der Waals surface area contributed by atoms with Crippen LogP contribution in [0.1, 0.15) is 0 Å². The van der Waals surface area contributed by atoms with Gasteiger partial charge in [0.15, 0.2) is 0 Å². The van der Waals surface area contributed by atoms with Gasteiger partial charge in [-0.2, -0.15) is 0 Å². The molecule has 0 spiro atoms. The maximum Gasteiger partial charge on any atom is 0.0945 e. The first kappa shape index (κ1) is 11.8. The summed E-state index contributed by atoms with van der Waals surface area (Å²) in [5.41, 5.74) is 1.02. The first-order valence-corrected chi connectivity index (χ1v) is 4.97. The predicted molar refractivity (Wildman–Crippen MR) is 61.9 cm³/mol. The van der Waals surface area contributed by atoms with Crippen LogP contribution in [0.2, 0.25) is 0 Å². The molecule has 0 aliphatic carbocycles. The van der Waals surface area contributed by atoms with Crippen molar-refractivity contribution in [2.45, 2.75) is 6.10 Å². The lowest BCUT2D eigenvalue weighted by Gasteiger charge is -2.25. The zero-order valence-electron chi connectivity index (χ0n) is 8.71. The fourth-order valence-electron chi connectivity index (χ4n) is 1.39. The van der Waals surface area contributed by atoms with E-state index in [2.05, 4.69) is 6.58 Å². The van der Waals surface area contributed by atoms with Gasteiger partial charge < -0.3 is 15.1 Å². The van der Waals surface area contributed by atoms with Crippen molar-refractivity contribution in [3.05, 3.63) is 43.0 Å². The lowest BCUT2D eigenvalue weighted by atomic mass is 10.2. The number of hydrogen-bond donors (Lipinski definition) is 2. The number of rotatable bonds is 6. The van der Waals surface area contributed by atoms with Crippen molar-refractivity contribution in [1.82, 2.24) is 0 Å². The van der Waals surface area contributed by atoms with Crippen LogP contribution in [0.3, 0.4) is 0 Å². The minimum atomic E-state index is -0.717. The van der Waals surface area contributed by atoms with Crippen LogP contribution in [0, 0.1) is 0 Å². The zero-order valence-corrected chi connectivity index (χ0v) is 8.71. The van der Waals surface area contributed by atoms with E-state index in [4.69, 9.17) is 5.11 Å². The molecule has 0 saturated heterocycles. The first-order valence-electron chi connectivity index (χ1n) is 4.97. The SMILES string of the molecule is C=CCN(C[C@H](O)CO)c1ccccc1. The highest BCUT2D eigenvalue weighted by Gasteiger charge is 2.09. The Morgan fingerprint density at radius 2 is 2.00 bits per heavy atom. The summed E-state index contributed by atoms with van der Waals surface area (Å²) in [5.74, 6) is 0. The molecule has 1 atom stereocenters. The molecule has 82 valence electrons. The van der Waals surface area contributed by atoms with Crippen molar-refractivity contribution in [2.75, 3.05) is 24.6 Å². The standard InChI is InChI=1S/C12H17NO2/c1-2-8-13(9-12(15)10-14)11-6-4-3-5-7-11/h2-7,12,14-15H,1,8-10H2/t12-/m0/s1. The molecule has 0 bridgehead atoms. The van der Waals surface area contributed by atoms with Crippen molar-refractivity contribution >= 4 is 5.69 Å². The van der Waals surface area contributed by atoms with Crippen LogP contribution >= 0.6 is 0 Å². The highest BCUT2D eigenvalue weighted by atomic mass is 16.3. The van der Waals surface area contributed by atoms with Crippen LogP contribution < -0.4 is 4.90 Å². The molecular weight excluding hydrogens is 190 g/mol. The molecule has 0 aromatic heterocycles. The largest absolute Gasteiger partial charge is 0.394 e. The van der Waals surface area contributed by atoms with Crippen molar-refractivity contribution in [2.24, 2.45) is 0 Å². The van der Waals surface area contributed by atoms with Gasteiger partial charge in [-0.15, -0.1) is 6.58 Å². The number of aliphatic hydroxyl groups is 2. The highest BCUT2D eigenvalue weighted by molar-refractivity contribution is 5.46.